The fourth-order valence-electron chi connectivity index (χ4n) is 3.30. The maximum Gasteiger partial charge on any atom is 0.308 e. The van der Waals surface area contributed by atoms with E-state index < -0.39 is 28.0 Å². The second-order valence-electron chi connectivity index (χ2n) is 6.06. The molecule has 0 saturated carbocycles. The van der Waals surface area contributed by atoms with Gasteiger partial charge in [-0.3, -0.25) is 4.79 Å². The van der Waals surface area contributed by atoms with Gasteiger partial charge in [0.2, 0.25) is 10.0 Å². The van der Waals surface area contributed by atoms with Crippen molar-refractivity contribution in [3.05, 3.63) is 23.3 Å². The van der Waals surface area contributed by atoms with Crippen LogP contribution in [0, 0.1) is 19.8 Å². The number of piperidine rings is 1. The van der Waals surface area contributed by atoms with E-state index in [-0.39, 0.29) is 4.90 Å². The van der Waals surface area contributed by atoms with Crippen LogP contribution in [0.15, 0.2) is 17.0 Å². The lowest BCUT2D eigenvalue weighted by molar-refractivity contribution is -0.144. The fraction of sp³-hybridized carbons (Fsp3) is 0.562. The lowest BCUT2D eigenvalue weighted by atomic mass is 9.92. The lowest BCUT2D eigenvalue weighted by Crippen LogP contribution is -2.49. The van der Waals surface area contributed by atoms with E-state index >= 15 is 0 Å². The van der Waals surface area contributed by atoms with Gasteiger partial charge < -0.3 is 9.84 Å². The number of rotatable bonds is 4. The molecular formula is C16H23NO5S. The monoisotopic (exact) mass is 341 g/mol. The van der Waals surface area contributed by atoms with E-state index in [4.69, 9.17) is 4.74 Å². The van der Waals surface area contributed by atoms with Crippen LogP contribution in [0.5, 0.6) is 5.75 Å². The van der Waals surface area contributed by atoms with Crippen molar-refractivity contribution >= 4 is 16.0 Å². The highest BCUT2D eigenvalue weighted by Gasteiger charge is 2.41. The van der Waals surface area contributed by atoms with Crippen molar-refractivity contribution < 1.29 is 23.1 Å². The Labute approximate surface area is 137 Å². The van der Waals surface area contributed by atoms with Crippen LogP contribution in [0.2, 0.25) is 0 Å². The van der Waals surface area contributed by atoms with Gasteiger partial charge in [-0.05, 0) is 50.8 Å². The molecule has 1 saturated heterocycles. The second-order valence-corrected chi connectivity index (χ2v) is 7.88. The Morgan fingerprint density at radius 3 is 2.57 bits per heavy atom. The summed E-state index contributed by atoms with van der Waals surface area (Å²) in [4.78, 5) is 11.5. The number of benzene rings is 1. The standard InChI is InChI=1S/C16H23NO5S/c1-10-8-11(2)15(14(9-10)22-4)23(20,21)17-7-5-6-13(12(17)3)16(18)19/h8-9,12-13H,5-7H2,1-4H3,(H,18,19)/t12-,13-/m0/s1. The van der Waals surface area contributed by atoms with Gasteiger partial charge in [-0.25, -0.2) is 8.42 Å². The molecule has 1 fully saturated rings. The average Bonchev–Trinajstić information content (AvgIpc) is 2.45. The number of ether oxygens (including phenoxy) is 1. The number of methoxy groups -OCH3 is 1. The zero-order chi connectivity index (χ0) is 17.4. The molecule has 128 valence electrons. The molecule has 0 aliphatic carbocycles. The molecule has 0 amide bonds. The van der Waals surface area contributed by atoms with Crippen LogP contribution >= 0.6 is 0 Å². The number of aryl methyl sites for hydroxylation is 2. The number of nitrogens with zero attached hydrogens (tertiary/aromatic N) is 1. The van der Waals surface area contributed by atoms with Crippen molar-refractivity contribution in [1.29, 1.82) is 0 Å². The first-order chi connectivity index (χ1) is 10.7. The minimum atomic E-state index is -3.82. The molecule has 1 aliphatic heterocycles. The molecule has 1 aliphatic rings. The van der Waals surface area contributed by atoms with Crippen molar-refractivity contribution in [2.45, 2.75) is 44.6 Å². The summed E-state index contributed by atoms with van der Waals surface area (Å²) in [6.45, 7) is 5.58. The quantitative estimate of drug-likeness (QED) is 0.907. The number of aliphatic carboxylic acids is 1. The van der Waals surface area contributed by atoms with Crippen LogP contribution in [0.3, 0.4) is 0 Å². The van der Waals surface area contributed by atoms with Gasteiger partial charge in [0.15, 0.2) is 0 Å². The Morgan fingerprint density at radius 2 is 2.00 bits per heavy atom. The zero-order valence-corrected chi connectivity index (χ0v) is 14.7. The van der Waals surface area contributed by atoms with E-state index in [1.807, 2.05) is 6.92 Å². The summed E-state index contributed by atoms with van der Waals surface area (Å²) in [7, 11) is -2.39. The average molecular weight is 341 g/mol. The smallest absolute Gasteiger partial charge is 0.308 e. The molecule has 1 N–H and O–H groups in total. The van der Waals surface area contributed by atoms with E-state index in [9.17, 15) is 18.3 Å². The number of carboxylic acid groups (broad SMARTS) is 1. The molecule has 1 aromatic carbocycles. The third-order valence-electron chi connectivity index (χ3n) is 4.42. The molecule has 2 atom stereocenters. The highest BCUT2D eigenvalue weighted by Crippen LogP contribution is 2.35. The van der Waals surface area contributed by atoms with Gasteiger partial charge in [0.05, 0.1) is 13.0 Å². The van der Waals surface area contributed by atoms with Crippen molar-refractivity contribution in [3.8, 4) is 5.75 Å². The summed E-state index contributed by atoms with van der Waals surface area (Å²) in [6.07, 6.45) is 1.03. The number of hydrogen-bond acceptors (Lipinski definition) is 4. The van der Waals surface area contributed by atoms with Gasteiger partial charge in [0.25, 0.3) is 0 Å². The predicted molar refractivity (Wildman–Crippen MR) is 86.2 cm³/mol. The van der Waals surface area contributed by atoms with Gasteiger partial charge in [-0.2, -0.15) is 4.31 Å². The molecule has 0 bridgehead atoms. The minimum Gasteiger partial charge on any atom is -0.495 e. The topological polar surface area (TPSA) is 83.9 Å². The lowest BCUT2D eigenvalue weighted by Gasteiger charge is -2.36. The van der Waals surface area contributed by atoms with E-state index in [0.717, 1.165) is 5.56 Å². The molecule has 1 aromatic rings. The summed E-state index contributed by atoms with van der Waals surface area (Å²) in [5.74, 6) is -1.34. The van der Waals surface area contributed by atoms with Gasteiger partial charge >= 0.3 is 5.97 Å². The van der Waals surface area contributed by atoms with Crippen molar-refractivity contribution in [3.63, 3.8) is 0 Å². The molecular weight excluding hydrogens is 318 g/mol. The zero-order valence-electron chi connectivity index (χ0n) is 13.9. The SMILES string of the molecule is COc1cc(C)cc(C)c1S(=O)(=O)N1CCC[C@H](C(=O)O)[C@@H]1C. The molecule has 0 radical (unpaired) electrons. The first-order valence-electron chi connectivity index (χ1n) is 7.60. The van der Waals surface area contributed by atoms with E-state index in [2.05, 4.69) is 0 Å². The Hall–Kier alpha value is -1.60. The van der Waals surface area contributed by atoms with Crippen molar-refractivity contribution in [2.75, 3.05) is 13.7 Å². The summed E-state index contributed by atoms with van der Waals surface area (Å²) in [5, 5.41) is 9.31. The van der Waals surface area contributed by atoms with Crippen LogP contribution < -0.4 is 4.74 Å². The van der Waals surface area contributed by atoms with Crippen LogP contribution in [-0.4, -0.2) is 43.5 Å². The first kappa shape index (κ1) is 17.7. The summed E-state index contributed by atoms with van der Waals surface area (Å²) >= 11 is 0. The highest BCUT2D eigenvalue weighted by molar-refractivity contribution is 7.89. The maximum absolute atomic E-state index is 13.1. The second kappa shape index (κ2) is 6.49. The minimum absolute atomic E-state index is 0.128. The molecule has 6 nitrogen and oxygen atoms in total. The van der Waals surface area contributed by atoms with E-state index in [1.165, 1.54) is 11.4 Å². The number of hydrogen-bond donors (Lipinski definition) is 1. The number of carbonyl (C=O) groups is 1. The van der Waals surface area contributed by atoms with Crippen molar-refractivity contribution in [1.82, 2.24) is 4.31 Å². The van der Waals surface area contributed by atoms with Crippen LogP contribution in [0.4, 0.5) is 0 Å². The molecule has 23 heavy (non-hydrogen) atoms. The van der Waals surface area contributed by atoms with Crippen LogP contribution in [-0.2, 0) is 14.8 Å². The third kappa shape index (κ3) is 3.21. The fourth-order valence-corrected chi connectivity index (χ4v) is 5.35. The first-order valence-corrected chi connectivity index (χ1v) is 9.04. The largest absolute Gasteiger partial charge is 0.495 e. The maximum atomic E-state index is 13.1. The predicted octanol–water partition coefficient (Wildman–Crippen LogP) is 2.19. The summed E-state index contributed by atoms with van der Waals surface area (Å²) in [6, 6.07) is 2.89. The van der Waals surface area contributed by atoms with Crippen molar-refractivity contribution in [2.24, 2.45) is 5.92 Å². The summed E-state index contributed by atoms with van der Waals surface area (Å²) < 4.78 is 32.8. The Morgan fingerprint density at radius 1 is 1.35 bits per heavy atom. The Balaban J connectivity index is 2.52. The Kier molecular flexibility index (Phi) is 5.01. The van der Waals surface area contributed by atoms with Gasteiger partial charge in [0.1, 0.15) is 10.6 Å². The molecule has 0 unspecified atom stereocenters. The number of sulfonamides is 1. The molecule has 7 heteroatoms. The highest BCUT2D eigenvalue weighted by atomic mass is 32.2. The molecule has 2 rings (SSSR count). The molecule has 1 heterocycles. The van der Waals surface area contributed by atoms with Gasteiger partial charge in [0, 0.05) is 12.6 Å². The van der Waals surface area contributed by atoms with Crippen LogP contribution in [0.1, 0.15) is 30.9 Å². The van der Waals surface area contributed by atoms with Gasteiger partial charge in [-0.15, -0.1) is 0 Å². The van der Waals surface area contributed by atoms with Crippen LogP contribution in [0.25, 0.3) is 0 Å². The van der Waals surface area contributed by atoms with E-state index in [1.54, 1.807) is 26.0 Å². The molecule has 0 aromatic heterocycles. The third-order valence-corrected chi connectivity index (χ3v) is 6.59. The van der Waals surface area contributed by atoms with E-state index in [0.29, 0.717) is 30.7 Å². The molecule has 0 spiro atoms. The normalized spacial score (nSPS) is 22.8. The van der Waals surface area contributed by atoms with Gasteiger partial charge in [-0.1, -0.05) is 6.07 Å². The number of carboxylic acids is 1. The summed E-state index contributed by atoms with van der Waals surface area (Å²) in [5.41, 5.74) is 1.51. The Bertz CT molecular complexity index is 713.